The molecule has 2 rings (SSSR count). The van der Waals surface area contributed by atoms with E-state index in [9.17, 15) is 14.4 Å². The molecule has 0 fully saturated rings. The first kappa shape index (κ1) is 18.2. The van der Waals surface area contributed by atoms with Crippen LogP contribution in [0.3, 0.4) is 0 Å². The molecule has 0 aliphatic carbocycles. The molecule has 6 nitrogen and oxygen atoms in total. The molecule has 3 N–H and O–H groups in total. The van der Waals surface area contributed by atoms with Gasteiger partial charge in [-0.25, -0.2) is 0 Å². The SMILES string of the molecule is CC(=O)c1cccc(O[C@@H](C)C(=O)N[C@H](C(N)=O)c2ccccc2)c1. The van der Waals surface area contributed by atoms with Crippen LogP contribution in [0.2, 0.25) is 0 Å². The molecule has 0 unspecified atom stereocenters. The zero-order chi connectivity index (χ0) is 18.4. The van der Waals surface area contributed by atoms with Crippen LogP contribution >= 0.6 is 0 Å². The standard InChI is InChI=1S/C19H20N2O4/c1-12(22)15-9-6-10-16(11-15)25-13(2)19(24)21-17(18(20)23)14-7-4-3-5-8-14/h3-11,13,17H,1-2H3,(H2,20,23)(H,21,24)/t13-,17-/m0/s1. The van der Waals surface area contributed by atoms with Gasteiger partial charge in [0.15, 0.2) is 11.9 Å². The lowest BCUT2D eigenvalue weighted by Crippen LogP contribution is -2.43. The number of carbonyl (C=O) groups excluding carboxylic acids is 3. The largest absolute Gasteiger partial charge is 0.481 e. The van der Waals surface area contributed by atoms with Crippen LogP contribution in [0.5, 0.6) is 5.75 Å². The van der Waals surface area contributed by atoms with E-state index in [-0.39, 0.29) is 5.78 Å². The molecule has 0 aromatic heterocycles. The van der Waals surface area contributed by atoms with Crippen molar-refractivity contribution in [1.82, 2.24) is 5.32 Å². The number of carbonyl (C=O) groups is 3. The average Bonchev–Trinajstić information content (AvgIpc) is 2.60. The van der Waals surface area contributed by atoms with Crippen molar-refractivity contribution < 1.29 is 19.1 Å². The van der Waals surface area contributed by atoms with Crippen LogP contribution in [0.15, 0.2) is 54.6 Å². The Morgan fingerprint density at radius 3 is 2.32 bits per heavy atom. The highest BCUT2D eigenvalue weighted by Gasteiger charge is 2.24. The van der Waals surface area contributed by atoms with Gasteiger partial charge in [0, 0.05) is 5.56 Å². The number of ketones is 1. The van der Waals surface area contributed by atoms with Crippen LogP contribution in [0.25, 0.3) is 0 Å². The van der Waals surface area contributed by atoms with E-state index in [0.29, 0.717) is 16.9 Å². The third kappa shape index (κ3) is 4.91. The van der Waals surface area contributed by atoms with Gasteiger partial charge in [0.1, 0.15) is 11.8 Å². The maximum atomic E-state index is 12.3. The quantitative estimate of drug-likeness (QED) is 0.753. The predicted octanol–water partition coefficient (Wildman–Crippen LogP) is 2.00. The Morgan fingerprint density at radius 1 is 1.04 bits per heavy atom. The molecule has 0 spiro atoms. The van der Waals surface area contributed by atoms with Crippen LogP contribution < -0.4 is 15.8 Å². The van der Waals surface area contributed by atoms with E-state index in [1.807, 2.05) is 0 Å². The lowest BCUT2D eigenvalue weighted by Gasteiger charge is -2.20. The molecule has 0 saturated carbocycles. The summed E-state index contributed by atoms with van der Waals surface area (Å²) in [4.78, 5) is 35.4. The second-order valence-electron chi connectivity index (χ2n) is 5.60. The lowest BCUT2D eigenvalue weighted by atomic mass is 10.1. The molecule has 2 atom stereocenters. The molecule has 2 aromatic carbocycles. The van der Waals surface area contributed by atoms with Crippen LogP contribution in [0.1, 0.15) is 35.8 Å². The minimum absolute atomic E-state index is 0.0968. The molecular weight excluding hydrogens is 320 g/mol. The summed E-state index contributed by atoms with van der Waals surface area (Å²) in [6.07, 6.45) is -0.868. The Hall–Kier alpha value is -3.15. The summed E-state index contributed by atoms with van der Waals surface area (Å²) < 4.78 is 5.57. The summed E-state index contributed by atoms with van der Waals surface area (Å²) >= 11 is 0. The van der Waals surface area contributed by atoms with Crippen molar-refractivity contribution in [3.8, 4) is 5.75 Å². The Morgan fingerprint density at radius 2 is 1.72 bits per heavy atom. The summed E-state index contributed by atoms with van der Waals surface area (Å²) in [6.45, 7) is 3.01. The van der Waals surface area contributed by atoms with E-state index in [1.165, 1.54) is 6.92 Å². The number of primary amides is 1. The van der Waals surface area contributed by atoms with Gasteiger partial charge >= 0.3 is 0 Å². The van der Waals surface area contributed by atoms with E-state index in [1.54, 1.807) is 61.5 Å². The number of nitrogens with two attached hydrogens (primary N) is 1. The van der Waals surface area contributed by atoms with Gasteiger partial charge < -0.3 is 15.8 Å². The maximum absolute atomic E-state index is 12.3. The third-order valence-corrected chi connectivity index (χ3v) is 3.63. The van der Waals surface area contributed by atoms with Crippen molar-refractivity contribution in [1.29, 1.82) is 0 Å². The second kappa shape index (κ2) is 8.10. The van der Waals surface area contributed by atoms with Gasteiger partial charge in [-0.05, 0) is 31.5 Å². The van der Waals surface area contributed by atoms with Gasteiger partial charge in [-0.3, -0.25) is 14.4 Å². The van der Waals surface area contributed by atoms with Gasteiger partial charge in [0.05, 0.1) is 0 Å². The molecule has 25 heavy (non-hydrogen) atoms. The molecule has 6 heteroatoms. The van der Waals surface area contributed by atoms with Gasteiger partial charge in [0.2, 0.25) is 5.91 Å². The Bertz CT molecular complexity index is 774. The molecule has 0 saturated heterocycles. The Balaban J connectivity index is 2.07. The Labute approximate surface area is 146 Å². The fraction of sp³-hybridized carbons (Fsp3) is 0.211. The molecule has 2 amide bonds. The van der Waals surface area contributed by atoms with Crippen molar-refractivity contribution >= 4 is 17.6 Å². The Kier molecular flexibility index (Phi) is 5.89. The molecular formula is C19H20N2O4. The number of ether oxygens (including phenoxy) is 1. The second-order valence-corrected chi connectivity index (χ2v) is 5.60. The normalized spacial score (nSPS) is 12.7. The molecule has 0 heterocycles. The van der Waals surface area contributed by atoms with Crippen LogP contribution in [-0.4, -0.2) is 23.7 Å². The molecule has 0 aliphatic heterocycles. The van der Waals surface area contributed by atoms with Crippen molar-refractivity contribution in [2.75, 3.05) is 0 Å². The fourth-order valence-electron chi connectivity index (χ4n) is 2.27. The predicted molar refractivity (Wildman–Crippen MR) is 93.1 cm³/mol. The number of benzene rings is 2. The number of hydrogen-bond acceptors (Lipinski definition) is 4. The number of nitrogens with one attached hydrogen (secondary N) is 1. The molecule has 0 aliphatic rings. The van der Waals surface area contributed by atoms with Crippen molar-refractivity contribution in [3.63, 3.8) is 0 Å². The summed E-state index contributed by atoms with van der Waals surface area (Å²) in [5, 5.41) is 2.58. The minimum Gasteiger partial charge on any atom is -0.481 e. The van der Waals surface area contributed by atoms with Gasteiger partial charge in [0.25, 0.3) is 5.91 Å². The lowest BCUT2D eigenvalue weighted by molar-refractivity contribution is -0.131. The summed E-state index contributed by atoms with van der Waals surface area (Å²) in [7, 11) is 0. The van der Waals surface area contributed by atoms with Gasteiger partial charge in [-0.2, -0.15) is 0 Å². The highest BCUT2D eigenvalue weighted by atomic mass is 16.5. The molecule has 130 valence electrons. The van der Waals surface area contributed by atoms with E-state index in [0.717, 1.165) is 0 Å². The number of amides is 2. The highest BCUT2D eigenvalue weighted by molar-refractivity contribution is 5.94. The van der Waals surface area contributed by atoms with Crippen molar-refractivity contribution in [2.24, 2.45) is 5.73 Å². The van der Waals surface area contributed by atoms with Crippen LogP contribution in [-0.2, 0) is 9.59 Å². The molecule has 0 radical (unpaired) electrons. The maximum Gasteiger partial charge on any atom is 0.261 e. The number of Topliss-reactive ketones (excluding diaryl/α,β-unsaturated/α-hetero) is 1. The topological polar surface area (TPSA) is 98.5 Å². The van der Waals surface area contributed by atoms with E-state index >= 15 is 0 Å². The molecule has 2 aromatic rings. The van der Waals surface area contributed by atoms with Crippen LogP contribution in [0.4, 0.5) is 0 Å². The molecule has 0 bridgehead atoms. The summed E-state index contributed by atoms with van der Waals surface area (Å²) in [5.41, 5.74) is 6.47. The van der Waals surface area contributed by atoms with Gasteiger partial charge in [-0.1, -0.05) is 42.5 Å². The van der Waals surface area contributed by atoms with E-state index < -0.39 is 24.0 Å². The summed E-state index contributed by atoms with van der Waals surface area (Å²) in [5.74, 6) is -0.850. The monoisotopic (exact) mass is 340 g/mol. The van der Waals surface area contributed by atoms with E-state index in [2.05, 4.69) is 5.32 Å². The first-order valence-electron chi connectivity index (χ1n) is 7.80. The van der Waals surface area contributed by atoms with Crippen molar-refractivity contribution in [2.45, 2.75) is 26.0 Å². The zero-order valence-corrected chi connectivity index (χ0v) is 14.1. The fourth-order valence-corrected chi connectivity index (χ4v) is 2.27. The van der Waals surface area contributed by atoms with E-state index in [4.69, 9.17) is 10.5 Å². The zero-order valence-electron chi connectivity index (χ0n) is 14.1. The number of hydrogen-bond donors (Lipinski definition) is 2. The third-order valence-electron chi connectivity index (χ3n) is 3.63. The first-order chi connectivity index (χ1) is 11.9. The smallest absolute Gasteiger partial charge is 0.261 e. The van der Waals surface area contributed by atoms with Crippen molar-refractivity contribution in [3.05, 3.63) is 65.7 Å². The summed E-state index contributed by atoms with van der Waals surface area (Å²) in [6, 6.07) is 14.3. The minimum atomic E-state index is -0.941. The highest BCUT2D eigenvalue weighted by Crippen LogP contribution is 2.17. The van der Waals surface area contributed by atoms with Crippen LogP contribution in [0, 0.1) is 0 Å². The van der Waals surface area contributed by atoms with Gasteiger partial charge in [-0.15, -0.1) is 0 Å². The number of rotatable bonds is 7. The first-order valence-corrected chi connectivity index (χ1v) is 7.80. The average molecular weight is 340 g/mol.